The number of rotatable bonds is 6. The summed E-state index contributed by atoms with van der Waals surface area (Å²) >= 11 is 0. The molecule has 0 aromatic heterocycles. The van der Waals surface area contributed by atoms with Gasteiger partial charge in [0.2, 0.25) is 5.91 Å². The van der Waals surface area contributed by atoms with Crippen LogP contribution in [0, 0.1) is 5.92 Å². The van der Waals surface area contributed by atoms with Gasteiger partial charge in [-0.25, -0.2) is 5.84 Å². The molecule has 1 aliphatic heterocycles. The van der Waals surface area contributed by atoms with Gasteiger partial charge in [-0.05, 0) is 32.0 Å². The van der Waals surface area contributed by atoms with Crippen molar-refractivity contribution in [3.05, 3.63) is 42.5 Å². The zero-order chi connectivity index (χ0) is 15.1. The first-order chi connectivity index (χ1) is 10.2. The van der Waals surface area contributed by atoms with Gasteiger partial charge in [0.15, 0.2) is 0 Å². The number of nitrogens with zero attached hydrogens (tertiary/aromatic N) is 1. The van der Waals surface area contributed by atoms with E-state index in [-0.39, 0.29) is 11.8 Å². The molecule has 1 saturated heterocycles. The van der Waals surface area contributed by atoms with Crippen LogP contribution in [0.5, 0.6) is 5.75 Å². The number of nitrogens with two attached hydrogens (primary N) is 1. The van der Waals surface area contributed by atoms with Crippen LogP contribution < -0.4 is 16.0 Å². The highest BCUT2D eigenvalue weighted by Crippen LogP contribution is 2.23. The summed E-state index contributed by atoms with van der Waals surface area (Å²) in [5.74, 6) is 6.08. The van der Waals surface area contributed by atoms with Crippen LogP contribution in [0.1, 0.15) is 18.4 Å². The van der Waals surface area contributed by atoms with Gasteiger partial charge in [0, 0.05) is 18.0 Å². The highest BCUT2D eigenvalue weighted by atomic mass is 16.5. The number of carbonyl (C=O) groups is 1. The Morgan fingerprint density at radius 3 is 2.81 bits per heavy atom. The Kier molecular flexibility index (Phi) is 5.78. The first kappa shape index (κ1) is 15.5. The summed E-state index contributed by atoms with van der Waals surface area (Å²) in [6.45, 7) is 6.81. The van der Waals surface area contributed by atoms with Gasteiger partial charge in [-0.1, -0.05) is 30.9 Å². The zero-order valence-electron chi connectivity index (χ0n) is 12.3. The highest BCUT2D eigenvalue weighted by Gasteiger charge is 2.24. The van der Waals surface area contributed by atoms with Crippen LogP contribution in [0.25, 0.3) is 0 Å². The van der Waals surface area contributed by atoms with Gasteiger partial charge in [-0.15, -0.1) is 0 Å². The Morgan fingerprint density at radius 1 is 1.43 bits per heavy atom. The summed E-state index contributed by atoms with van der Waals surface area (Å²) in [4.78, 5) is 13.9. The minimum absolute atomic E-state index is 0.0403. The molecule has 1 amide bonds. The fraction of sp³-hybridized carbons (Fsp3) is 0.438. The molecule has 1 fully saturated rings. The molecule has 5 nitrogen and oxygen atoms in total. The summed E-state index contributed by atoms with van der Waals surface area (Å²) in [5.41, 5.74) is 3.41. The predicted octanol–water partition coefficient (Wildman–Crippen LogP) is 1.45. The number of piperidine rings is 1. The van der Waals surface area contributed by atoms with Crippen LogP contribution >= 0.6 is 0 Å². The predicted molar refractivity (Wildman–Crippen MR) is 82.5 cm³/mol. The molecule has 2 rings (SSSR count). The summed E-state index contributed by atoms with van der Waals surface area (Å²) in [6, 6.07) is 8.05. The maximum Gasteiger partial charge on any atom is 0.237 e. The normalized spacial score (nSPS) is 16.4. The van der Waals surface area contributed by atoms with Gasteiger partial charge in [0.25, 0.3) is 0 Å². The second-order valence-electron chi connectivity index (χ2n) is 5.27. The Balaban J connectivity index is 1.91. The molecule has 0 radical (unpaired) electrons. The standard InChI is InChI=1S/C16H23N3O2/c1-2-11-21-15-6-4-3-5-14(15)12-19-9-7-13(8-10-19)16(20)18-17/h2-6,13H,1,7-12,17H2,(H,18,20). The van der Waals surface area contributed by atoms with Gasteiger partial charge in [0.1, 0.15) is 12.4 Å². The van der Waals surface area contributed by atoms with Crippen molar-refractivity contribution in [2.45, 2.75) is 19.4 Å². The van der Waals surface area contributed by atoms with Gasteiger partial charge in [-0.3, -0.25) is 15.1 Å². The molecule has 0 aliphatic carbocycles. The van der Waals surface area contributed by atoms with Crippen LogP contribution in [0.3, 0.4) is 0 Å². The number of para-hydroxylation sites is 1. The van der Waals surface area contributed by atoms with Gasteiger partial charge in [-0.2, -0.15) is 0 Å². The average Bonchev–Trinajstić information content (AvgIpc) is 2.54. The summed E-state index contributed by atoms with van der Waals surface area (Å²) < 4.78 is 5.68. The van der Waals surface area contributed by atoms with Crippen molar-refractivity contribution in [3.8, 4) is 5.75 Å². The minimum Gasteiger partial charge on any atom is -0.489 e. The van der Waals surface area contributed by atoms with Crippen molar-refractivity contribution in [2.75, 3.05) is 19.7 Å². The van der Waals surface area contributed by atoms with E-state index >= 15 is 0 Å². The number of likely N-dealkylation sites (tertiary alicyclic amines) is 1. The van der Waals surface area contributed by atoms with Gasteiger partial charge in [0.05, 0.1) is 0 Å². The van der Waals surface area contributed by atoms with Crippen LogP contribution in [-0.4, -0.2) is 30.5 Å². The first-order valence-electron chi connectivity index (χ1n) is 7.29. The second-order valence-corrected chi connectivity index (χ2v) is 5.27. The SMILES string of the molecule is C=CCOc1ccccc1CN1CCC(C(=O)NN)CC1. The maximum atomic E-state index is 11.5. The third-order valence-corrected chi connectivity index (χ3v) is 3.82. The Bertz CT molecular complexity index is 482. The molecule has 1 heterocycles. The highest BCUT2D eigenvalue weighted by molar-refractivity contribution is 5.78. The Hall–Kier alpha value is -1.85. The molecule has 5 heteroatoms. The molecule has 1 aromatic rings. The van der Waals surface area contributed by atoms with E-state index in [4.69, 9.17) is 10.6 Å². The topological polar surface area (TPSA) is 67.6 Å². The van der Waals surface area contributed by atoms with E-state index in [9.17, 15) is 4.79 Å². The van der Waals surface area contributed by atoms with Crippen LogP contribution in [0.15, 0.2) is 36.9 Å². The summed E-state index contributed by atoms with van der Waals surface area (Å²) in [5, 5.41) is 0. The molecular weight excluding hydrogens is 266 g/mol. The third-order valence-electron chi connectivity index (χ3n) is 3.82. The number of amides is 1. The number of hydrogen-bond acceptors (Lipinski definition) is 4. The van der Waals surface area contributed by atoms with Crippen molar-refractivity contribution in [1.82, 2.24) is 10.3 Å². The second kappa shape index (κ2) is 7.81. The molecule has 21 heavy (non-hydrogen) atoms. The van der Waals surface area contributed by atoms with E-state index in [0.717, 1.165) is 38.2 Å². The summed E-state index contributed by atoms with van der Waals surface area (Å²) in [6.07, 6.45) is 3.44. The Labute approximate surface area is 125 Å². The molecule has 0 atom stereocenters. The molecule has 114 valence electrons. The van der Waals surface area contributed by atoms with Gasteiger partial charge >= 0.3 is 0 Å². The maximum absolute atomic E-state index is 11.5. The number of benzene rings is 1. The first-order valence-corrected chi connectivity index (χ1v) is 7.29. The van der Waals surface area contributed by atoms with E-state index in [1.54, 1.807) is 6.08 Å². The third kappa shape index (κ3) is 4.31. The molecule has 1 aromatic carbocycles. The van der Waals surface area contributed by atoms with E-state index < -0.39 is 0 Å². The average molecular weight is 289 g/mol. The monoisotopic (exact) mass is 289 g/mol. The zero-order valence-corrected chi connectivity index (χ0v) is 12.3. The molecule has 1 aliphatic rings. The fourth-order valence-corrected chi connectivity index (χ4v) is 2.64. The van der Waals surface area contributed by atoms with Crippen molar-refractivity contribution in [3.63, 3.8) is 0 Å². The quantitative estimate of drug-likeness (QED) is 0.360. The summed E-state index contributed by atoms with van der Waals surface area (Å²) in [7, 11) is 0. The van der Waals surface area contributed by atoms with Crippen molar-refractivity contribution >= 4 is 5.91 Å². The lowest BCUT2D eigenvalue weighted by Gasteiger charge is -2.31. The molecule has 0 bridgehead atoms. The number of carbonyl (C=O) groups excluding carboxylic acids is 1. The van der Waals surface area contributed by atoms with Crippen LogP contribution in [0.4, 0.5) is 0 Å². The van der Waals surface area contributed by atoms with E-state index in [1.165, 1.54) is 5.56 Å². The smallest absolute Gasteiger partial charge is 0.237 e. The van der Waals surface area contributed by atoms with E-state index in [0.29, 0.717) is 6.61 Å². The van der Waals surface area contributed by atoms with Crippen molar-refractivity contribution in [1.29, 1.82) is 0 Å². The van der Waals surface area contributed by atoms with E-state index in [2.05, 4.69) is 23.0 Å². The number of hydrazine groups is 1. The minimum atomic E-state index is -0.0515. The van der Waals surface area contributed by atoms with E-state index in [1.807, 2.05) is 18.2 Å². The van der Waals surface area contributed by atoms with Crippen molar-refractivity contribution < 1.29 is 9.53 Å². The largest absolute Gasteiger partial charge is 0.489 e. The van der Waals surface area contributed by atoms with Crippen LogP contribution in [-0.2, 0) is 11.3 Å². The van der Waals surface area contributed by atoms with Crippen LogP contribution in [0.2, 0.25) is 0 Å². The van der Waals surface area contributed by atoms with Crippen molar-refractivity contribution in [2.24, 2.45) is 11.8 Å². The number of nitrogens with one attached hydrogen (secondary N) is 1. The Morgan fingerprint density at radius 2 is 2.14 bits per heavy atom. The molecule has 0 unspecified atom stereocenters. The molecule has 0 saturated carbocycles. The molecule has 3 N–H and O–H groups in total. The van der Waals surface area contributed by atoms with Gasteiger partial charge < -0.3 is 4.74 Å². The molecule has 0 spiro atoms. The number of ether oxygens (including phenoxy) is 1. The number of hydrogen-bond donors (Lipinski definition) is 2. The lowest BCUT2D eigenvalue weighted by Crippen LogP contribution is -2.42. The molecular formula is C16H23N3O2. The lowest BCUT2D eigenvalue weighted by atomic mass is 9.96. The lowest BCUT2D eigenvalue weighted by molar-refractivity contribution is -0.126. The fourth-order valence-electron chi connectivity index (χ4n) is 2.64.